The highest BCUT2D eigenvalue weighted by molar-refractivity contribution is 5.94. The number of aromatic nitrogens is 1. The number of aryl methyl sites for hydroxylation is 1. The van der Waals surface area contributed by atoms with Crippen LogP contribution in [0.15, 0.2) is 4.52 Å². The van der Waals surface area contributed by atoms with Crippen molar-refractivity contribution in [1.29, 1.82) is 0 Å². The Hall–Kier alpha value is -1.26. The fourth-order valence-corrected chi connectivity index (χ4v) is 1.51. The molecular formula is C8H7F2NO2. The zero-order chi connectivity index (χ0) is 9.64. The molecule has 5 heteroatoms. The van der Waals surface area contributed by atoms with Gasteiger partial charge in [0.25, 0.3) is 5.92 Å². The van der Waals surface area contributed by atoms with E-state index >= 15 is 0 Å². The van der Waals surface area contributed by atoms with Crippen molar-refractivity contribution in [3.05, 3.63) is 17.0 Å². The Morgan fingerprint density at radius 2 is 2.31 bits per heavy atom. The highest BCUT2D eigenvalue weighted by Crippen LogP contribution is 2.43. The summed E-state index contributed by atoms with van der Waals surface area (Å²) in [5.41, 5.74) is -0.530. The van der Waals surface area contributed by atoms with Crippen LogP contribution >= 0.6 is 0 Å². The Morgan fingerprint density at radius 1 is 1.62 bits per heavy atom. The smallest absolute Gasteiger partial charge is 0.279 e. The van der Waals surface area contributed by atoms with Crippen molar-refractivity contribution in [3.8, 4) is 0 Å². The number of nitrogens with zero attached hydrogens (tertiary/aromatic N) is 1. The van der Waals surface area contributed by atoms with Gasteiger partial charge in [0, 0.05) is 19.8 Å². The number of ketones is 1. The van der Waals surface area contributed by atoms with Crippen molar-refractivity contribution in [2.75, 3.05) is 0 Å². The topological polar surface area (TPSA) is 43.1 Å². The van der Waals surface area contributed by atoms with Gasteiger partial charge in [-0.05, 0) is 0 Å². The van der Waals surface area contributed by atoms with Crippen LogP contribution in [0.1, 0.15) is 35.2 Å². The lowest BCUT2D eigenvalue weighted by Gasteiger charge is -2.07. The third-order valence-electron chi connectivity index (χ3n) is 2.13. The van der Waals surface area contributed by atoms with Crippen LogP contribution < -0.4 is 0 Å². The molecule has 1 aromatic rings. The molecule has 70 valence electrons. The van der Waals surface area contributed by atoms with Gasteiger partial charge in [-0.25, -0.2) is 8.78 Å². The van der Waals surface area contributed by atoms with Crippen LogP contribution in [0.5, 0.6) is 0 Å². The first-order valence-corrected chi connectivity index (χ1v) is 3.90. The van der Waals surface area contributed by atoms with E-state index in [1.165, 1.54) is 6.92 Å². The molecule has 0 fully saturated rings. The number of fused-ring (bicyclic) bond motifs is 1. The van der Waals surface area contributed by atoms with Gasteiger partial charge in [-0.15, -0.1) is 0 Å². The summed E-state index contributed by atoms with van der Waals surface area (Å²) < 4.78 is 30.9. The molecular weight excluding hydrogens is 180 g/mol. The number of carbonyl (C=O) groups is 1. The molecule has 0 atom stereocenters. The minimum Gasteiger partial charge on any atom is -0.360 e. The van der Waals surface area contributed by atoms with Gasteiger partial charge >= 0.3 is 0 Å². The third-order valence-corrected chi connectivity index (χ3v) is 2.13. The summed E-state index contributed by atoms with van der Waals surface area (Å²) in [6, 6.07) is 0. The van der Waals surface area contributed by atoms with E-state index < -0.39 is 11.7 Å². The van der Waals surface area contributed by atoms with E-state index in [1.54, 1.807) is 0 Å². The second-order valence-corrected chi connectivity index (χ2v) is 3.09. The van der Waals surface area contributed by atoms with Crippen molar-refractivity contribution < 1.29 is 18.1 Å². The second kappa shape index (κ2) is 2.37. The molecule has 0 saturated carbocycles. The van der Waals surface area contributed by atoms with Gasteiger partial charge in [-0.2, -0.15) is 0 Å². The molecule has 0 amide bonds. The Kier molecular flexibility index (Phi) is 1.52. The average Bonchev–Trinajstić information content (AvgIpc) is 2.53. The van der Waals surface area contributed by atoms with E-state index in [1.807, 2.05) is 0 Å². The molecule has 0 bridgehead atoms. The minimum atomic E-state index is -2.95. The van der Waals surface area contributed by atoms with Crippen molar-refractivity contribution in [3.63, 3.8) is 0 Å². The lowest BCUT2D eigenvalue weighted by atomic mass is 10.1. The average molecular weight is 187 g/mol. The number of Topliss-reactive ketones (excluding diaryl/α,β-unsaturated/α-hetero) is 1. The molecule has 1 heterocycles. The van der Waals surface area contributed by atoms with Gasteiger partial charge in [-0.1, -0.05) is 5.16 Å². The van der Waals surface area contributed by atoms with Gasteiger partial charge in [0.1, 0.15) is 5.76 Å². The first kappa shape index (κ1) is 8.34. The zero-order valence-corrected chi connectivity index (χ0v) is 6.93. The summed E-state index contributed by atoms with van der Waals surface area (Å²) in [5, 5.41) is 3.33. The predicted molar refractivity (Wildman–Crippen MR) is 38.7 cm³/mol. The quantitative estimate of drug-likeness (QED) is 0.631. The van der Waals surface area contributed by atoms with E-state index in [-0.39, 0.29) is 29.9 Å². The standard InChI is InChI=1S/C8H7F2NO2/c1-4(12)7-6-5(13-11-7)2-3-8(6,9)10/h2-3H2,1H3. The molecule has 0 radical (unpaired) electrons. The number of hydrogen-bond acceptors (Lipinski definition) is 3. The Bertz CT molecular complexity index is 370. The van der Waals surface area contributed by atoms with E-state index in [0.717, 1.165) is 0 Å². The molecule has 0 N–H and O–H groups in total. The minimum absolute atomic E-state index is 0.148. The van der Waals surface area contributed by atoms with Gasteiger partial charge in [0.15, 0.2) is 11.5 Å². The number of rotatable bonds is 1. The summed E-state index contributed by atoms with van der Waals surface area (Å²) in [7, 11) is 0. The maximum Gasteiger partial charge on any atom is 0.279 e. The van der Waals surface area contributed by atoms with Crippen molar-refractivity contribution in [2.24, 2.45) is 0 Å². The zero-order valence-electron chi connectivity index (χ0n) is 6.93. The maximum absolute atomic E-state index is 13.1. The number of carbonyl (C=O) groups excluding carboxylic acids is 1. The molecule has 13 heavy (non-hydrogen) atoms. The van der Waals surface area contributed by atoms with E-state index in [9.17, 15) is 13.6 Å². The fraction of sp³-hybridized carbons (Fsp3) is 0.500. The normalized spacial score (nSPS) is 18.7. The molecule has 3 nitrogen and oxygen atoms in total. The molecule has 1 aliphatic rings. The first-order valence-electron chi connectivity index (χ1n) is 3.90. The molecule has 0 aromatic carbocycles. The third kappa shape index (κ3) is 1.07. The molecule has 1 aromatic heterocycles. The lowest BCUT2D eigenvalue weighted by molar-refractivity contribution is -0.00281. The van der Waals surface area contributed by atoms with Crippen molar-refractivity contribution in [1.82, 2.24) is 5.16 Å². The summed E-state index contributed by atoms with van der Waals surface area (Å²) >= 11 is 0. The molecule has 0 unspecified atom stereocenters. The summed E-state index contributed by atoms with van der Waals surface area (Å²) in [6.07, 6.45) is -0.132. The van der Waals surface area contributed by atoms with Gasteiger partial charge < -0.3 is 4.52 Å². The van der Waals surface area contributed by atoms with E-state index in [0.29, 0.717) is 0 Å². The summed E-state index contributed by atoms with van der Waals surface area (Å²) in [5.74, 6) is -3.28. The van der Waals surface area contributed by atoms with E-state index in [4.69, 9.17) is 0 Å². The van der Waals surface area contributed by atoms with Gasteiger partial charge in [0.2, 0.25) is 0 Å². The Morgan fingerprint density at radius 3 is 2.92 bits per heavy atom. The highest BCUT2D eigenvalue weighted by Gasteiger charge is 2.46. The van der Waals surface area contributed by atoms with Crippen LogP contribution in [-0.2, 0) is 12.3 Å². The van der Waals surface area contributed by atoms with Crippen molar-refractivity contribution in [2.45, 2.75) is 25.7 Å². The van der Waals surface area contributed by atoms with Gasteiger partial charge in [-0.3, -0.25) is 4.79 Å². The molecule has 0 saturated heterocycles. The molecule has 2 rings (SSSR count). The van der Waals surface area contributed by atoms with Crippen LogP contribution in [0.2, 0.25) is 0 Å². The first-order chi connectivity index (χ1) is 6.02. The van der Waals surface area contributed by atoms with Crippen molar-refractivity contribution >= 4 is 5.78 Å². The number of hydrogen-bond donors (Lipinski definition) is 0. The van der Waals surface area contributed by atoms with Crippen LogP contribution in [0.25, 0.3) is 0 Å². The number of alkyl halides is 2. The monoisotopic (exact) mass is 187 g/mol. The Labute approximate surface area is 72.7 Å². The van der Waals surface area contributed by atoms with Crippen LogP contribution in [0.3, 0.4) is 0 Å². The largest absolute Gasteiger partial charge is 0.360 e. The van der Waals surface area contributed by atoms with E-state index in [2.05, 4.69) is 9.68 Å². The molecule has 0 aliphatic heterocycles. The number of halogens is 2. The highest BCUT2D eigenvalue weighted by atomic mass is 19.3. The lowest BCUT2D eigenvalue weighted by Crippen LogP contribution is -2.12. The van der Waals surface area contributed by atoms with Crippen LogP contribution in [0, 0.1) is 0 Å². The maximum atomic E-state index is 13.1. The SMILES string of the molecule is CC(=O)c1noc2c1C(F)(F)CC2. The summed E-state index contributed by atoms with van der Waals surface area (Å²) in [6.45, 7) is 1.20. The van der Waals surface area contributed by atoms with Gasteiger partial charge in [0.05, 0.1) is 5.56 Å². The van der Waals surface area contributed by atoms with Crippen LogP contribution in [0.4, 0.5) is 8.78 Å². The predicted octanol–water partition coefficient (Wildman–Crippen LogP) is 1.92. The molecule has 1 aliphatic carbocycles. The van der Waals surface area contributed by atoms with Crippen LogP contribution in [-0.4, -0.2) is 10.9 Å². The Balaban J connectivity index is 2.59. The fourth-order valence-electron chi connectivity index (χ4n) is 1.51. The summed E-state index contributed by atoms with van der Waals surface area (Å²) in [4.78, 5) is 10.9. The molecule has 0 spiro atoms. The second-order valence-electron chi connectivity index (χ2n) is 3.09.